The van der Waals surface area contributed by atoms with Gasteiger partial charge in [-0.1, -0.05) is 12.1 Å². The Labute approximate surface area is 111 Å². The predicted molar refractivity (Wildman–Crippen MR) is 71.5 cm³/mol. The number of benzene rings is 1. The quantitative estimate of drug-likeness (QED) is 0.536. The van der Waals surface area contributed by atoms with E-state index < -0.39 is 10.0 Å². The largest absolute Gasteiger partial charge is 0.323 e. The molecule has 19 heavy (non-hydrogen) atoms. The molecule has 0 fully saturated rings. The molecule has 0 aliphatic heterocycles. The van der Waals surface area contributed by atoms with Gasteiger partial charge in [-0.15, -0.1) is 0 Å². The normalized spacial score (nSPS) is 11.5. The fourth-order valence-electron chi connectivity index (χ4n) is 1.62. The summed E-state index contributed by atoms with van der Waals surface area (Å²) in [7, 11) is -1.86. The standard InChI is InChI=1S/C11H15N5O2S/c1-16-7-6-9(15-16)8-13-19(17,18)11-5-3-2-4-10(11)14-12/h2-7,13-14H,8,12H2,1H3. The maximum atomic E-state index is 12.2. The summed E-state index contributed by atoms with van der Waals surface area (Å²) in [5.41, 5.74) is 3.35. The van der Waals surface area contributed by atoms with Gasteiger partial charge in [0.15, 0.2) is 0 Å². The lowest BCUT2D eigenvalue weighted by molar-refractivity contribution is 0.580. The number of hydrazine groups is 1. The number of anilines is 1. The summed E-state index contributed by atoms with van der Waals surface area (Å²) >= 11 is 0. The van der Waals surface area contributed by atoms with E-state index in [-0.39, 0.29) is 11.4 Å². The zero-order valence-corrected chi connectivity index (χ0v) is 11.2. The van der Waals surface area contributed by atoms with Crippen molar-refractivity contribution in [1.82, 2.24) is 14.5 Å². The van der Waals surface area contributed by atoms with E-state index >= 15 is 0 Å². The van der Waals surface area contributed by atoms with Gasteiger partial charge in [-0.3, -0.25) is 10.5 Å². The van der Waals surface area contributed by atoms with Crippen molar-refractivity contribution >= 4 is 15.7 Å². The molecule has 2 aromatic rings. The van der Waals surface area contributed by atoms with Crippen LogP contribution in [0.3, 0.4) is 0 Å². The van der Waals surface area contributed by atoms with Gasteiger partial charge in [0, 0.05) is 13.2 Å². The van der Waals surface area contributed by atoms with Crippen LogP contribution in [0.1, 0.15) is 5.69 Å². The van der Waals surface area contributed by atoms with Crippen LogP contribution in [0.2, 0.25) is 0 Å². The van der Waals surface area contributed by atoms with Gasteiger partial charge >= 0.3 is 0 Å². The molecule has 0 radical (unpaired) electrons. The Morgan fingerprint density at radius 2 is 2.05 bits per heavy atom. The maximum absolute atomic E-state index is 12.2. The average Bonchev–Trinajstić information content (AvgIpc) is 2.82. The van der Waals surface area contributed by atoms with E-state index in [4.69, 9.17) is 5.84 Å². The van der Waals surface area contributed by atoms with Gasteiger partial charge in [-0.2, -0.15) is 5.10 Å². The summed E-state index contributed by atoms with van der Waals surface area (Å²) in [5.74, 6) is 5.30. The molecule has 7 nitrogen and oxygen atoms in total. The van der Waals surface area contributed by atoms with Crippen molar-refractivity contribution in [1.29, 1.82) is 0 Å². The number of aromatic nitrogens is 2. The van der Waals surface area contributed by atoms with Crippen molar-refractivity contribution < 1.29 is 8.42 Å². The highest BCUT2D eigenvalue weighted by atomic mass is 32.2. The number of nitrogens with zero attached hydrogens (tertiary/aromatic N) is 2. The molecule has 1 aromatic heterocycles. The molecule has 4 N–H and O–H groups in total. The third-order valence-corrected chi connectivity index (χ3v) is 4.00. The second-order valence-electron chi connectivity index (χ2n) is 3.95. The van der Waals surface area contributed by atoms with E-state index in [0.717, 1.165) is 0 Å². The van der Waals surface area contributed by atoms with Crippen molar-refractivity contribution in [3.63, 3.8) is 0 Å². The molecule has 1 heterocycles. The fraction of sp³-hybridized carbons (Fsp3) is 0.182. The van der Waals surface area contributed by atoms with Crippen molar-refractivity contribution in [3.05, 3.63) is 42.2 Å². The highest BCUT2D eigenvalue weighted by Gasteiger charge is 2.17. The highest BCUT2D eigenvalue weighted by Crippen LogP contribution is 2.19. The molecule has 102 valence electrons. The van der Waals surface area contributed by atoms with Crippen molar-refractivity contribution in [2.75, 3.05) is 5.43 Å². The molecule has 0 bridgehead atoms. The van der Waals surface area contributed by atoms with Crippen LogP contribution in [0.4, 0.5) is 5.69 Å². The molecule has 8 heteroatoms. The van der Waals surface area contributed by atoms with Crippen molar-refractivity contribution in [2.45, 2.75) is 11.4 Å². The molecule has 0 spiro atoms. The van der Waals surface area contributed by atoms with Gasteiger partial charge in [0.2, 0.25) is 10.0 Å². The minimum atomic E-state index is -3.63. The van der Waals surface area contributed by atoms with E-state index in [2.05, 4.69) is 15.2 Å². The minimum Gasteiger partial charge on any atom is -0.323 e. The Balaban J connectivity index is 2.18. The third kappa shape index (κ3) is 3.11. The summed E-state index contributed by atoms with van der Waals surface area (Å²) < 4.78 is 28.4. The number of hydrogen-bond acceptors (Lipinski definition) is 5. The SMILES string of the molecule is Cn1ccc(CNS(=O)(=O)c2ccccc2NN)n1. The second-order valence-corrected chi connectivity index (χ2v) is 5.68. The first kappa shape index (κ1) is 13.5. The summed E-state index contributed by atoms with van der Waals surface area (Å²) in [6.45, 7) is 0.127. The van der Waals surface area contributed by atoms with Crippen LogP contribution >= 0.6 is 0 Å². The summed E-state index contributed by atoms with van der Waals surface area (Å²) in [4.78, 5) is 0.105. The van der Waals surface area contributed by atoms with Crippen LogP contribution < -0.4 is 16.0 Å². The lowest BCUT2D eigenvalue weighted by Gasteiger charge is -2.09. The van der Waals surface area contributed by atoms with E-state index in [1.54, 1.807) is 42.2 Å². The average molecular weight is 281 g/mol. The Kier molecular flexibility index (Phi) is 3.84. The number of nitrogens with two attached hydrogens (primary N) is 1. The molecule has 0 aliphatic carbocycles. The Morgan fingerprint density at radius 3 is 2.68 bits per heavy atom. The predicted octanol–water partition coefficient (Wildman–Crippen LogP) is 0.184. The summed E-state index contributed by atoms with van der Waals surface area (Å²) in [6.07, 6.45) is 1.75. The van der Waals surface area contributed by atoms with Crippen LogP contribution in [-0.2, 0) is 23.6 Å². The van der Waals surface area contributed by atoms with Crippen LogP contribution in [0, 0.1) is 0 Å². The Morgan fingerprint density at radius 1 is 1.32 bits per heavy atom. The first-order valence-electron chi connectivity index (χ1n) is 5.57. The number of aryl methyl sites for hydroxylation is 1. The van der Waals surface area contributed by atoms with Gasteiger partial charge in [0.25, 0.3) is 0 Å². The zero-order valence-electron chi connectivity index (χ0n) is 10.4. The second kappa shape index (κ2) is 5.39. The molecule has 0 saturated carbocycles. The fourth-order valence-corrected chi connectivity index (χ4v) is 2.79. The number of para-hydroxylation sites is 1. The van der Waals surface area contributed by atoms with Crippen LogP contribution in [0.15, 0.2) is 41.4 Å². The van der Waals surface area contributed by atoms with E-state index in [9.17, 15) is 8.42 Å². The number of rotatable bonds is 5. The monoisotopic (exact) mass is 281 g/mol. The molecule has 1 aromatic carbocycles. The highest BCUT2D eigenvalue weighted by molar-refractivity contribution is 7.89. The van der Waals surface area contributed by atoms with E-state index in [1.165, 1.54) is 6.07 Å². The zero-order chi connectivity index (χ0) is 13.9. The Hall–Kier alpha value is -1.90. The first-order valence-corrected chi connectivity index (χ1v) is 7.05. The molecule has 0 amide bonds. The number of nitrogens with one attached hydrogen (secondary N) is 2. The van der Waals surface area contributed by atoms with Gasteiger partial charge < -0.3 is 5.43 Å². The van der Waals surface area contributed by atoms with Crippen LogP contribution in [-0.4, -0.2) is 18.2 Å². The smallest absolute Gasteiger partial charge is 0.243 e. The van der Waals surface area contributed by atoms with Gasteiger partial charge in [0.05, 0.1) is 17.9 Å². The van der Waals surface area contributed by atoms with E-state index in [1.807, 2.05) is 0 Å². The van der Waals surface area contributed by atoms with Gasteiger partial charge in [-0.25, -0.2) is 13.1 Å². The lowest BCUT2D eigenvalue weighted by Crippen LogP contribution is -2.25. The molecule has 2 rings (SSSR count). The molecule has 0 aliphatic rings. The van der Waals surface area contributed by atoms with Crippen molar-refractivity contribution in [3.8, 4) is 0 Å². The summed E-state index contributed by atoms with van der Waals surface area (Å²) in [6, 6.07) is 8.16. The van der Waals surface area contributed by atoms with Crippen LogP contribution in [0.5, 0.6) is 0 Å². The summed E-state index contributed by atoms with van der Waals surface area (Å²) in [5, 5.41) is 4.10. The Bertz CT molecular complexity index is 665. The molecular weight excluding hydrogens is 266 g/mol. The minimum absolute atomic E-state index is 0.105. The van der Waals surface area contributed by atoms with Crippen molar-refractivity contribution in [2.24, 2.45) is 12.9 Å². The van der Waals surface area contributed by atoms with Crippen LogP contribution in [0.25, 0.3) is 0 Å². The molecule has 0 atom stereocenters. The molecule has 0 saturated heterocycles. The number of nitrogen functional groups attached to an aromatic ring is 1. The topological polar surface area (TPSA) is 102 Å². The molecular formula is C11H15N5O2S. The first-order chi connectivity index (χ1) is 9.03. The maximum Gasteiger partial charge on any atom is 0.243 e. The number of hydrogen-bond donors (Lipinski definition) is 3. The lowest BCUT2D eigenvalue weighted by atomic mass is 10.3. The number of sulfonamides is 1. The van der Waals surface area contributed by atoms with Gasteiger partial charge in [0.1, 0.15) is 4.90 Å². The third-order valence-electron chi connectivity index (χ3n) is 2.54. The van der Waals surface area contributed by atoms with E-state index in [0.29, 0.717) is 11.4 Å². The van der Waals surface area contributed by atoms with Gasteiger partial charge in [-0.05, 0) is 18.2 Å². The molecule has 0 unspecified atom stereocenters.